The Morgan fingerprint density at radius 3 is 2.61 bits per heavy atom. The monoisotopic (exact) mass is 363 g/mol. The molecule has 0 bridgehead atoms. The van der Waals surface area contributed by atoms with Crippen LogP contribution < -0.4 is 11.0 Å². The van der Waals surface area contributed by atoms with Gasteiger partial charge in [0.1, 0.15) is 18.5 Å². The molecule has 2 aromatic rings. The SMILES string of the molecule is CCn1c(C2CCNCC2)nn(CCn2cncn2)c1=O.Cl.Cl. The zero-order valence-electron chi connectivity index (χ0n) is 13.1. The quantitative estimate of drug-likeness (QED) is 0.843. The highest BCUT2D eigenvalue weighted by Gasteiger charge is 2.23. The molecule has 0 aliphatic carbocycles. The van der Waals surface area contributed by atoms with Crippen LogP contribution >= 0.6 is 24.8 Å². The minimum atomic E-state index is -0.0221. The van der Waals surface area contributed by atoms with Crippen molar-refractivity contribution in [2.75, 3.05) is 13.1 Å². The first kappa shape index (κ1) is 19.7. The highest BCUT2D eigenvalue weighted by Crippen LogP contribution is 2.22. The van der Waals surface area contributed by atoms with Gasteiger partial charge in [-0.05, 0) is 32.9 Å². The Morgan fingerprint density at radius 1 is 1.26 bits per heavy atom. The Labute approximate surface area is 147 Å². The van der Waals surface area contributed by atoms with Crippen LogP contribution in [-0.4, -0.2) is 42.2 Å². The fourth-order valence-corrected chi connectivity index (χ4v) is 2.83. The molecule has 1 saturated heterocycles. The van der Waals surface area contributed by atoms with E-state index in [1.807, 2.05) is 6.92 Å². The minimum Gasteiger partial charge on any atom is -0.317 e. The highest BCUT2D eigenvalue weighted by atomic mass is 35.5. The first-order valence-electron chi connectivity index (χ1n) is 7.50. The standard InChI is InChI=1S/C13H21N7O.2ClH/c1-2-19-12(11-3-5-14-6-4-11)17-20(13(19)21)8-7-18-10-15-9-16-18;;/h9-11,14H,2-8H2,1H3;2*1H. The maximum absolute atomic E-state index is 12.4. The van der Waals surface area contributed by atoms with E-state index >= 15 is 0 Å². The molecule has 130 valence electrons. The fraction of sp³-hybridized carbons (Fsp3) is 0.692. The van der Waals surface area contributed by atoms with Crippen molar-refractivity contribution >= 4 is 24.8 Å². The zero-order chi connectivity index (χ0) is 14.7. The molecule has 1 N–H and O–H groups in total. The lowest BCUT2D eigenvalue weighted by atomic mass is 9.97. The summed E-state index contributed by atoms with van der Waals surface area (Å²) in [6.45, 7) is 5.78. The number of hydrogen-bond acceptors (Lipinski definition) is 5. The van der Waals surface area contributed by atoms with Gasteiger partial charge in [0.25, 0.3) is 0 Å². The lowest BCUT2D eigenvalue weighted by molar-refractivity contribution is 0.427. The van der Waals surface area contributed by atoms with Gasteiger partial charge in [-0.1, -0.05) is 0 Å². The van der Waals surface area contributed by atoms with Crippen LogP contribution in [0.2, 0.25) is 0 Å². The summed E-state index contributed by atoms with van der Waals surface area (Å²) in [6.07, 6.45) is 5.22. The molecule has 0 amide bonds. The predicted molar refractivity (Wildman–Crippen MR) is 91.5 cm³/mol. The summed E-state index contributed by atoms with van der Waals surface area (Å²) >= 11 is 0. The van der Waals surface area contributed by atoms with Crippen LogP contribution in [0, 0.1) is 0 Å². The summed E-state index contributed by atoms with van der Waals surface area (Å²) in [5.74, 6) is 1.31. The molecule has 3 rings (SSSR count). The third-order valence-corrected chi connectivity index (χ3v) is 3.98. The van der Waals surface area contributed by atoms with Gasteiger partial charge in [-0.2, -0.15) is 10.2 Å². The first-order chi connectivity index (χ1) is 10.3. The van der Waals surface area contributed by atoms with Crippen molar-refractivity contribution in [3.63, 3.8) is 0 Å². The van der Waals surface area contributed by atoms with Gasteiger partial charge < -0.3 is 5.32 Å². The Kier molecular flexibility index (Phi) is 7.74. The molecular weight excluding hydrogens is 341 g/mol. The van der Waals surface area contributed by atoms with E-state index in [9.17, 15) is 4.79 Å². The van der Waals surface area contributed by atoms with E-state index in [1.165, 1.54) is 6.33 Å². The lowest BCUT2D eigenvalue weighted by Gasteiger charge is -2.21. The van der Waals surface area contributed by atoms with Crippen molar-refractivity contribution in [1.29, 1.82) is 0 Å². The predicted octanol–water partition coefficient (Wildman–Crippen LogP) is 0.667. The molecule has 3 heterocycles. The number of nitrogens with one attached hydrogen (secondary N) is 1. The summed E-state index contributed by atoms with van der Waals surface area (Å²) in [5.41, 5.74) is -0.0221. The summed E-state index contributed by atoms with van der Waals surface area (Å²) in [7, 11) is 0. The fourth-order valence-electron chi connectivity index (χ4n) is 2.83. The molecule has 0 unspecified atom stereocenters. The Hall–Kier alpha value is -1.38. The molecule has 23 heavy (non-hydrogen) atoms. The van der Waals surface area contributed by atoms with E-state index < -0.39 is 0 Å². The van der Waals surface area contributed by atoms with Gasteiger partial charge >= 0.3 is 5.69 Å². The molecule has 0 atom stereocenters. The van der Waals surface area contributed by atoms with Gasteiger partial charge in [-0.15, -0.1) is 24.8 Å². The molecular formula is C13H23Cl2N7O. The second-order valence-electron chi connectivity index (χ2n) is 5.29. The maximum atomic E-state index is 12.4. The van der Waals surface area contributed by atoms with Crippen LogP contribution in [0.25, 0.3) is 0 Å². The van der Waals surface area contributed by atoms with Crippen LogP contribution in [0.5, 0.6) is 0 Å². The van der Waals surface area contributed by atoms with Crippen molar-refractivity contribution in [2.24, 2.45) is 0 Å². The molecule has 8 nitrogen and oxygen atoms in total. The van der Waals surface area contributed by atoms with E-state index in [0.717, 1.165) is 31.8 Å². The van der Waals surface area contributed by atoms with Crippen LogP contribution in [-0.2, 0) is 19.6 Å². The van der Waals surface area contributed by atoms with E-state index in [-0.39, 0.29) is 30.5 Å². The molecule has 2 aromatic heterocycles. The van der Waals surface area contributed by atoms with Crippen molar-refractivity contribution in [3.05, 3.63) is 29.0 Å². The minimum absolute atomic E-state index is 0. The van der Waals surface area contributed by atoms with Gasteiger partial charge in [-0.25, -0.2) is 14.5 Å². The van der Waals surface area contributed by atoms with Crippen molar-refractivity contribution < 1.29 is 0 Å². The number of piperidine rings is 1. The van der Waals surface area contributed by atoms with Gasteiger partial charge in [0.15, 0.2) is 0 Å². The second kappa shape index (κ2) is 9.05. The zero-order valence-corrected chi connectivity index (χ0v) is 14.7. The molecule has 0 radical (unpaired) electrons. The Morgan fingerprint density at radius 2 is 2.00 bits per heavy atom. The number of nitrogens with zero attached hydrogens (tertiary/aromatic N) is 6. The Bertz CT molecular complexity index is 631. The molecule has 0 spiro atoms. The third-order valence-electron chi connectivity index (χ3n) is 3.98. The smallest absolute Gasteiger partial charge is 0.317 e. The van der Waals surface area contributed by atoms with Crippen LogP contribution in [0.1, 0.15) is 31.5 Å². The summed E-state index contributed by atoms with van der Waals surface area (Å²) < 4.78 is 5.07. The average Bonchev–Trinajstić information content (AvgIpc) is 3.14. The molecule has 0 aromatic carbocycles. The molecule has 0 saturated carbocycles. The highest BCUT2D eigenvalue weighted by molar-refractivity contribution is 5.85. The van der Waals surface area contributed by atoms with Gasteiger partial charge in [-0.3, -0.25) is 9.25 Å². The van der Waals surface area contributed by atoms with Gasteiger partial charge in [0.2, 0.25) is 0 Å². The Balaban J connectivity index is 0.00000132. The van der Waals surface area contributed by atoms with Gasteiger partial charge in [0.05, 0.1) is 13.1 Å². The molecule has 1 aliphatic heterocycles. The largest absolute Gasteiger partial charge is 0.345 e. The van der Waals surface area contributed by atoms with Crippen molar-refractivity contribution in [1.82, 2.24) is 34.4 Å². The first-order valence-corrected chi connectivity index (χ1v) is 7.50. The third kappa shape index (κ3) is 4.33. The van der Waals surface area contributed by atoms with Gasteiger partial charge in [0, 0.05) is 12.5 Å². The molecule has 1 fully saturated rings. The summed E-state index contributed by atoms with van der Waals surface area (Å²) in [6, 6.07) is 0. The van der Waals surface area contributed by atoms with Crippen LogP contribution in [0.15, 0.2) is 17.4 Å². The number of aryl methyl sites for hydroxylation is 2. The van der Waals surface area contributed by atoms with E-state index in [0.29, 0.717) is 25.6 Å². The van der Waals surface area contributed by atoms with Crippen molar-refractivity contribution in [2.45, 2.75) is 45.3 Å². The van der Waals surface area contributed by atoms with Crippen LogP contribution in [0.3, 0.4) is 0 Å². The van der Waals surface area contributed by atoms with E-state index in [2.05, 4.69) is 20.5 Å². The summed E-state index contributed by atoms with van der Waals surface area (Å²) in [5, 5.41) is 12.0. The number of rotatable bonds is 5. The van der Waals surface area contributed by atoms with Crippen molar-refractivity contribution in [3.8, 4) is 0 Å². The average molecular weight is 364 g/mol. The van der Waals surface area contributed by atoms with E-state index in [1.54, 1.807) is 20.3 Å². The lowest BCUT2D eigenvalue weighted by Crippen LogP contribution is -2.29. The normalized spacial score (nSPS) is 15.0. The second-order valence-corrected chi connectivity index (χ2v) is 5.29. The number of hydrogen-bond donors (Lipinski definition) is 1. The topological polar surface area (TPSA) is 82.6 Å². The number of halogens is 2. The maximum Gasteiger partial charge on any atom is 0.345 e. The molecule has 1 aliphatic rings. The molecule has 10 heteroatoms. The van der Waals surface area contributed by atoms with Crippen LogP contribution in [0.4, 0.5) is 0 Å². The van der Waals surface area contributed by atoms with E-state index in [4.69, 9.17) is 0 Å². The number of aromatic nitrogens is 6. The summed E-state index contributed by atoms with van der Waals surface area (Å²) in [4.78, 5) is 16.3.